The van der Waals surface area contributed by atoms with Crippen LogP contribution in [-0.2, 0) is 0 Å². The van der Waals surface area contributed by atoms with Gasteiger partial charge in [-0.15, -0.1) is 0 Å². The third kappa shape index (κ3) is 2.66. The zero-order chi connectivity index (χ0) is 13.1. The third-order valence-electron chi connectivity index (χ3n) is 3.87. The van der Waals surface area contributed by atoms with E-state index in [1.54, 1.807) is 0 Å². The predicted molar refractivity (Wildman–Crippen MR) is 75.0 cm³/mol. The molecule has 1 amide bonds. The average Bonchev–Trinajstić information content (AvgIpc) is 2.75. The van der Waals surface area contributed by atoms with Gasteiger partial charge in [0.25, 0.3) is 5.91 Å². The average molecular weight is 246 g/mol. The lowest BCUT2D eigenvalue weighted by atomic mass is 10.0. The third-order valence-corrected chi connectivity index (χ3v) is 3.87. The number of carbonyl (C=O) groups is 1. The van der Waals surface area contributed by atoms with Crippen LogP contribution in [-0.4, -0.2) is 19.0 Å². The van der Waals surface area contributed by atoms with E-state index in [0.29, 0.717) is 12.0 Å². The minimum atomic E-state index is 0.0433. The Balaban J connectivity index is 2.15. The van der Waals surface area contributed by atoms with E-state index in [1.807, 2.05) is 32.2 Å². The van der Waals surface area contributed by atoms with Gasteiger partial charge >= 0.3 is 0 Å². The molecule has 2 unspecified atom stereocenters. The number of rotatable bonds is 3. The number of anilines is 1. The summed E-state index contributed by atoms with van der Waals surface area (Å²) in [7, 11) is 1.85. The molecule has 3 heteroatoms. The molecule has 1 aliphatic carbocycles. The second kappa shape index (κ2) is 5.42. The Labute approximate surface area is 109 Å². The fourth-order valence-corrected chi connectivity index (χ4v) is 2.67. The van der Waals surface area contributed by atoms with Gasteiger partial charge in [0.15, 0.2) is 0 Å². The lowest BCUT2D eigenvalue weighted by molar-refractivity contribution is 0.0930. The molecule has 1 aliphatic rings. The van der Waals surface area contributed by atoms with E-state index in [4.69, 9.17) is 0 Å². The molecule has 0 aliphatic heterocycles. The summed E-state index contributed by atoms with van der Waals surface area (Å²) in [6.07, 6.45) is 3.55. The molecule has 18 heavy (non-hydrogen) atoms. The first-order valence-electron chi connectivity index (χ1n) is 6.71. The van der Waals surface area contributed by atoms with Crippen molar-refractivity contribution in [2.24, 2.45) is 5.92 Å². The Morgan fingerprint density at radius 3 is 2.72 bits per heavy atom. The number of amides is 1. The summed E-state index contributed by atoms with van der Waals surface area (Å²) in [5.41, 5.74) is 2.75. The molecular formula is C15H22N2O. The van der Waals surface area contributed by atoms with Crippen LogP contribution < -0.4 is 10.6 Å². The molecule has 98 valence electrons. The molecule has 0 radical (unpaired) electrons. The van der Waals surface area contributed by atoms with Gasteiger partial charge in [0.1, 0.15) is 0 Å². The van der Waals surface area contributed by atoms with Gasteiger partial charge in [-0.1, -0.05) is 25.0 Å². The molecular weight excluding hydrogens is 224 g/mol. The molecule has 0 bridgehead atoms. The normalized spacial score (nSPS) is 22.8. The topological polar surface area (TPSA) is 41.1 Å². The van der Waals surface area contributed by atoms with Crippen LogP contribution in [0.3, 0.4) is 0 Å². The summed E-state index contributed by atoms with van der Waals surface area (Å²) < 4.78 is 0. The van der Waals surface area contributed by atoms with Crippen molar-refractivity contribution < 1.29 is 4.79 Å². The summed E-state index contributed by atoms with van der Waals surface area (Å²) in [5.74, 6) is 0.638. The first kappa shape index (κ1) is 12.9. The van der Waals surface area contributed by atoms with Gasteiger partial charge in [-0.3, -0.25) is 4.79 Å². The summed E-state index contributed by atoms with van der Waals surface area (Å²) in [5, 5.41) is 6.25. The monoisotopic (exact) mass is 246 g/mol. The Morgan fingerprint density at radius 2 is 2.11 bits per heavy atom. The molecule has 0 aromatic heterocycles. The van der Waals surface area contributed by atoms with Crippen molar-refractivity contribution in [1.29, 1.82) is 0 Å². The number of hydrogen-bond acceptors (Lipinski definition) is 2. The van der Waals surface area contributed by atoms with Gasteiger partial charge < -0.3 is 10.6 Å². The molecule has 2 atom stereocenters. The maximum absolute atomic E-state index is 12.3. The highest BCUT2D eigenvalue weighted by Crippen LogP contribution is 2.26. The van der Waals surface area contributed by atoms with Gasteiger partial charge in [-0.2, -0.15) is 0 Å². The number of hydrogen-bond donors (Lipinski definition) is 2. The van der Waals surface area contributed by atoms with E-state index in [2.05, 4.69) is 17.6 Å². The molecule has 1 aromatic carbocycles. The van der Waals surface area contributed by atoms with Crippen LogP contribution in [0.25, 0.3) is 0 Å². The van der Waals surface area contributed by atoms with E-state index in [9.17, 15) is 4.79 Å². The maximum atomic E-state index is 12.3. The fourth-order valence-electron chi connectivity index (χ4n) is 2.67. The quantitative estimate of drug-likeness (QED) is 0.861. The van der Waals surface area contributed by atoms with Crippen LogP contribution in [0.1, 0.15) is 42.1 Å². The van der Waals surface area contributed by atoms with Crippen LogP contribution in [0.2, 0.25) is 0 Å². The number of nitrogens with one attached hydrogen (secondary N) is 2. The van der Waals surface area contributed by atoms with Gasteiger partial charge in [0.2, 0.25) is 0 Å². The summed E-state index contributed by atoms with van der Waals surface area (Å²) in [6, 6.07) is 6.26. The van der Waals surface area contributed by atoms with Crippen LogP contribution in [0.5, 0.6) is 0 Å². The van der Waals surface area contributed by atoms with Gasteiger partial charge in [-0.05, 0) is 37.8 Å². The molecule has 2 rings (SSSR count). The summed E-state index contributed by atoms with van der Waals surface area (Å²) >= 11 is 0. The Kier molecular flexibility index (Phi) is 3.90. The van der Waals surface area contributed by atoms with Crippen molar-refractivity contribution in [3.63, 3.8) is 0 Å². The van der Waals surface area contributed by atoms with Crippen molar-refractivity contribution in [2.75, 3.05) is 12.4 Å². The van der Waals surface area contributed by atoms with Crippen LogP contribution in [0, 0.1) is 12.8 Å². The molecule has 1 saturated carbocycles. The van der Waals surface area contributed by atoms with Crippen molar-refractivity contribution in [3.05, 3.63) is 29.3 Å². The van der Waals surface area contributed by atoms with Crippen LogP contribution in [0.15, 0.2) is 18.2 Å². The van der Waals surface area contributed by atoms with Crippen LogP contribution in [0.4, 0.5) is 5.69 Å². The minimum absolute atomic E-state index is 0.0433. The molecule has 0 heterocycles. The lowest BCUT2D eigenvalue weighted by Gasteiger charge is -2.18. The highest BCUT2D eigenvalue weighted by Gasteiger charge is 2.25. The van der Waals surface area contributed by atoms with E-state index < -0.39 is 0 Å². The van der Waals surface area contributed by atoms with Crippen molar-refractivity contribution in [3.8, 4) is 0 Å². The van der Waals surface area contributed by atoms with Gasteiger partial charge in [0.05, 0.1) is 5.56 Å². The summed E-state index contributed by atoms with van der Waals surface area (Å²) in [4.78, 5) is 12.3. The molecule has 0 saturated heterocycles. The molecule has 2 N–H and O–H groups in total. The van der Waals surface area contributed by atoms with E-state index >= 15 is 0 Å². The van der Waals surface area contributed by atoms with E-state index in [0.717, 1.165) is 23.2 Å². The smallest absolute Gasteiger partial charge is 0.253 e. The highest BCUT2D eigenvalue weighted by atomic mass is 16.1. The SMILES string of the molecule is CNc1ccc(C)cc1C(=O)NC1CCCC1C. The van der Waals surface area contributed by atoms with E-state index in [1.165, 1.54) is 12.8 Å². The highest BCUT2D eigenvalue weighted by molar-refractivity contribution is 6.00. The standard InChI is InChI=1S/C15H22N2O/c1-10-7-8-14(16-3)12(9-10)15(18)17-13-6-4-5-11(13)2/h7-9,11,13,16H,4-6H2,1-3H3,(H,17,18). The van der Waals surface area contributed by atoms with Crippen LogP contribution >= 0.6 is 0 Å². The van der Waals surface area contributed by atoms with E-state index in [-0.39, 0.29) is 5.91 Å². The molecule has 1 fully saturated rings. The largest absolute Gasteiger partial charge is 0.387 e. The Morgan fingerprint density at radius 1 is 1.33 bits per heavy atom. The minimum Gasteiger partial charge on any atom is -0.387 e. The maximum Gasteiger partial charge on any atom is 0.253 e. The van der Waals surface area contributed by atoms with Gasteiger partial charge in [-0.25, -0.2) is 0 Å². The number of carbonyl (C=O) groups excluding carboxylic acids is 1. The molecule has 3 nitrogen and oxygen atoms in total. The van der Waals surface area contributed by atoms with Gasteiger partial charge in [0, 0.05) is 18.8 Å². The van der Waals surface area contributed by atoms with Crippen molar-refractivity contribution >= 4 is 11.6 Å². The zero-order valence-electron chi connectivity index (χ0n) is 11.4. The lowest BCUT2D eigenvalue weighted by Crippen LogP contribution is -2.36. The summed E-state index contributed by atoms with van der Waals surface area (Å²) in [6.45, 7) is 4.22. The predicted octanol–water partition coefficient (Wildman–Crippen LogP) is 2.96. The Bertz CT molecular complexity index is 442. The second-order valence-corrected chi connectivity index (χ2v) is 5.29. The zero-order valence-corrected chi connectivity index (χ0v) is 11.4. The fraction of sp³-hybridized carbons (Fsp3) is 0.533. The first-order valence-corrected chi connectivity index (χ1v) is 6.71. The number of benzene rings is 1. The molecule has 0 spiro atoms. The Hall–Kier alpha value is -1.51. The molecule has 1 aromatic rings. The van der Waals surface area contributed by atoms with Crippen molar-refractivity contribution in [1.82, 2.24) is 5.32 Å². The van der Waals surface area contributed by atoms with Crippen molar-refractivity contribution in [2.45, 2.75) is 39.2 Å². The number of aryl methyl sites for hydroxylation is 1. The first-order chi connectivity index (χ1) is 8.61. The second-order valence-electron chi connectivity index (χ2n) is 5.29.